The average Bonchev–Trinajstić information content (AvgIpc) is 2.04. The van der Waals surface area contributed by atoms with Crippen LogP contribution in [0.15, 0.2) is 12.1 Å². The van der Waals surface area contributed by atoms with Gasteiger partial charge in [0.2, 0.25) is 0 Å². The quantitative estimate of drug-likeness (QED) is 0.757. The van der Waals surface area contributed by atoms with E-state index < -0.39 is 11.9 Å². The molecule has 0 saturated heterocycles. The first-order valence-corrected chi connectivity index (χ1v) is 3.71. The Balaban J connectivity index is 2.89. The molecule has 1 aromatic rings. The molecule has 0 aliphatic carbocycles. The summed E-state index contributed by atoms with van der Waals surface area (Å²) >= 11 is 5.47. The van der Waals surface area contributed by atoms with Crippen molar-refractivity contribution in [2.24, 2.45) is 0 Å². The number of carbonyl (C=O) groups is 1. The largest absolute Gasteiger partial charge is 0.481 e. The lowest BCUT2D eigenvalue weighted by Crippen LogP contribution is -2.09. The number of carboxylic acid groups (broad SMARTS) is 1. The van der Waals surface area contributed by atoms with E-state index in [2.05, 4.69) is 10.2 Å². The molecule has 64 valence electrons. The predicted octanol–water partition coefficient (Wildman–Crippen LogP) is 1.32. The van der Waals surface area contributed by atoms with E-state index in [1.165, 1.54) is 6.07 Å². The van der Waals surface area contributed by atoms with Crippen LogP contribution in [-0.4, -0.2) is 21.3 Å². The van der Waals surface area contributed by atoms with E-state index in [0.717, 1.165) is 0 Å². The highest BCUT2D eigenvalue weighted by Crippen LogP contribution is 2.12. The normalized spacial score (nSPS) is 12.5. The van der Waals surface area contributed by atoms with Crippen LogP contribution in [0.3, 0.4) is 0 Å². The molecule has 1 atom stereocenters. The Labute approximate surface area is 74.2 Å². The van der Waals surface area contributed by atoms with Gasteiger partial charge >= 0.3 is 5.97 Å². The molecule has 1 heterocycles. The average molecular weight is 187 g/mol. The molecule has 0 fully saturated rings. The van der Waals surface area contributed by atoms with Crippen LogP contribution in [0.2, 0.25) is 5.15 Å². The summed E-state index contributed by atoms with van der Waals surface area (Å²) in [7, 11) is 0. The molecule has 4 nitrogen and oxygen atoms in total. The zero-order chi connectivity index (χ0) is 9.14. The second-order valence-electron chi connectivity index (χ2n) is 2.34. The first-order chi connectivity index (χ1) is 5.61. The second kappa shape index (κ2) is 3.49. The molecule has 1 unspecified atom stereocenters. The van der Waals surface area contributed by atoms with Gasteiger partial charge in [-0.05, 0) is 19.1 Å². The van der Waals surface area contributed by atoms with E-state index in [4.69, 9.17) is 16.7 Å². The van der Waals surface area contributed by atoms with Crippen molar-refractivity contribution in [1.29, 1.82) is 0 Å². The first kappa shape index (κ1) is 8.93. The van der Waals surface area contributed by atoms with Crippen molar-refractivity contribution in [3.63, 3.8) is 0 Å². The minimum absolute atomic E-state index is 0.260. The zero-order valence-electron chi connectivity index (χ0n) is 6.36. The van der Waals surface area contributed by atoms with Crippen molar-refractivity contribution in [3.05, 3.63) is 23.0 Å². The molecule has 0 bridgehead atoms. The molecule has 5 heteroatoms. The highest BCUT2D eigenvalue weighted by Gasteiger charge is 2.14. The van der Waals surface area contributed by atoms with Gasteiger partial charge < -0.3 is 5.11 Å². The zero-order valence-corrected chi connectivity index (χ0v) is 7.12. The maximum Gasteiger partial charge on any atom is 0.312 e. The Morgan fingerprint density at radius 3 is 2.67 bits per heavy atom. The molecular formula is C7H7ClN2O2. The molecule has 0 aliphatic heterocycles. The maximum atomic E-state index is 10.5. The van der Waals surface area contributed by atoms with Crippen LogP contribution in [0.1, 0.15) is 18.5 Å². The Hall–Kier alpha value is -1.16. The van der Waals surface area contributed by atoms with Crippen LogP contribution in [-0.2, 0) is 4.79 Å². The standard InChI is InChI=1S/C7H7ClN2O2/c1-4(7(11)12)5-2-3-6(8)10-9-5/h2-4H,1H3,(H,11,12). The van der Waals surface area contributed by atoms with Gasteiger partial charge in [-0.3, -0.25) is 4.79 Å². The van der Waals surface area contributed by atoms with Crippen molar-refractivity contribution in [3.8, 4) is 0 Å². The number of aromatic nitrogens is 2. The van der Waals surface area contributed by atoms with Crippen molar-refractivity contribution < 1.29 is 9.90 Å². The number of hydrogen-bond acceptors (Lipinski definition) is 3. The number of nitrogens with zero attached hydrogens (tertiary/aromatic N) is 2. The molecule has 0 spiro atoms. The molecule has 0 radical (unpaired) electrons. The van der Waals surface area contributed by atoms with E-state index in [1.807, 2.05) is 0 Å². The number of halogens is 1. The third-order valence-corrected chi connectivity index (χ3v) is 1.67. The lowest BCUT2D eigenvalue weighted by molar-refractivity contribution is -0.138. The Kier molecular flexibility index (Phi) is 2.60. The molecule has 0 aliphatic rings. The van der Waals surface area contributed by atoms with Gasteiger partial charge in [0.1, 0.15) is 0 Å². The van der Waals surface area contributed by atoms with E-state index in [0.29, 0.717) is 5.69 Å². The Morgan fingerprint density at radius 1 is 1.58 bits per heavy atom. The molecule has 1 N–H and O–H groups in total. The van der Waals surface area contributed by atoms with Crippen LogP contribution in [0, 0.1) is 0 Å². The van der Waals surface area contributed by atoms with Crippen molar-refractivity contribution in [1.82, 2.24) is 10.2 Å². The molecule has 12 heavy (non-hydrogen) atoms. The third kappa shape index (κ3) is 1.92. The van der Waals surface area contributed by atoms with Crippen molar-refractivity contribution in [2.45, 2.75) is 12.8 Å². The van der Waals surface area contributed by atoms with Gasteiger partial charge in [-0.2, -0.15) is 5.10 Å². The topological polar surface area (TPSA) is 63.1 Å². The smallest absolute Gasteiger partial charge is 0.312 e. The Bertz CT molecular complexity index is 286. The summed E-state index contributed by atoms with van der Waals surface area (Å²) in [5.41, 5.74) is 0.409. The van der Waals surface area contributed by atoms with Crippen LogP contribution >= 0.6 is 11.6 Å². The van der Waals surface area contributed by atoms with Crippen molar-refractivity contribution >= 4 is 17.6 Å². The fourth-order valence-electron chi connectivity index (χ4n) is 0.684. The van der Waals surface area contributed by atoms with Crippen LogP contribution in [0.5, 0.6) is 0 Å². The highest BCUT2D eigenvalue weighted by atomic mass is 35.5. The summed E-state index contributed by atoms with van der Waals surface area (Å²) in [6.07, 6.45) is 0. The van der Waals surface area contributed by atoms with E-state index in [9.17, 15) is 4.79 Å². The maximum absolute atomic E-state index is 10.5. The first-order valence-electron chi connectivity index (χ1n) is 3.33. The second-order valence-corrected chi connectivity index (χ2v) is 2.73. The van der Waals surface area contributed by atoms with Gasteiger partial charge in [-0.1, -0.05) is 11.6 Å². The summed E-state index contributed by atoms with van der Waals surface area (Å²) in [5, 5.41) is 16.0. The van der Waals surface area contributed by atoms with E-state index >= 15 is 0 Å². The van der Waals surface area contributed by atoms with Crippen molar-refractivity contribution in [2.75, 3.05) is 0 Å². The SMILES string of the molecule is CC(C(=O)O)c1ccc(Cl)nn1. The van der Waals surface area contributed by atoms with Gasteiger partial charge in [-0.15, -0.1) is 5.10 Å². The highest BCUT2D eigenvalue weighted by molar-refractivity contribution is 6.29. The monoisotopic (exact) mass is 186 g/mol. The summed E-state index contributed by atoms with van der Waals surface area (Å²) in [6, 6.07) is 3.07. The number of hydrogen-bond donors (Lipinski definition) is 1. The Morgan fingerprint density at radius 2 is 2.25 bits per heavy atom. The van der Waals surface area contributed by atoms with Gasteiger partial charge in [0.15, 0.2) is 5.15 Å². The molecule has 0 saturated carbocycles. The minimum atomic E-state index is -0.924. The van der Waals surface area contributed by atoms with Crippen LogP contribution in [0.25, 0.3) is 0 Å². The summed E-state index contributed by atoms with van der Waals surface area (Å²) in [6.45, 7) is 1.54. The van der Waals surface area contributed by atoms with Gasteiger partial charge in [0.05, 0.1) is 11.6 Å². The van der Waals surface area contributed by atoms with Crippen LogP contribution in [0.4, 0.5) is 0 Å². The van der Waals surface area contributed by atoms with Gasteiger partial charge in [0, 0.05) is 0 Å². The number of carboxylic acids is 1. The predicted molar refractivity (Wildman–Crippen MR) is 43.1 cm³/mol. The summed E-state index contributed by atoms with van der Waals surface area (Å²) in [5.74, 6) is -1.57. The molecular weight excluding hydrogens is 180 g/mol. The van der Waals surface area contributed by atoms with Crippen LogP contribution < -0.4 is 0 Å². The third-order valence-electron chi connectivity index (χ3n) is 1.47. The molecule has 1 aromatic heterocycles. The molecule has 0 aromatic carbocycles. The summed E-state index contributed by atoms with van der Waals surface area (Å²) in [4.78, 5) is 10.5. The minimum Gasteiger partial charge on any atom is -0.481 e. The number of rotatable bonds is 2. The fraction of sp³-hybridized carbons (Fsp3) is 0.286. The molecule has 0 amide bonds. The van der Waals surface area contributed by atoms with E-state index in [-0.39, 0.29) is 5.15 Å². The lowest BCUT2D eigenvalue weighted by Gasteiger charge is -2.02. The molecule has 1 rings (SSSR count). The number of aliphatic carboxylic acids is 1. The summed E-state index contributed by atoms with van der Waals surface area (Å²) < 4.78 is 0. The van der Waals surface area contributed by atoms with E-state index in [1.54, 1.807) is 13.0 Å². The van der Waals surface area contributed by atoms with Gasteiger partial charge in [-0.25, -0.2) is 0 Å². The lowest BCUT2D eigenvalue weighted by atomic mass is 10.1. The fourth-order valence-corrected chi connectivity index (χ4v) is 0.785. The van der Waals surface area contributed by atoms with Gasteiger partial charge in [0.25, 0.3) is 0 Å².